The Kier molecular flexibility index (Phi) is 3.94. The molecule has 78 valence electrons. The zero-order chi connectivity index (χ0) is 11.3. The third-order valence-electron chi connectivity index (χ3n) is 2.45. The Morgan fingerprint density at radius 3 is 2.33 bits per heavy atom. The molecule has 0 aromatic heterocycles. The van der Waals surface area contributed by atoms with Crippen LogP contribution in [0.2, 0.25) is 0 Å². The summed E-state index contributed by atoms with van der Waals surface area (Å²) in [6, 6.07) is 3.97. The second-order valence-electron chi connectivity index (χ2n) is 3.90. The van der Waals surface area contributed by atoms with Crippen molar-refractivity contribution in [1.29, 1.82) is 10.5 Å². The first-order chi connectivity index (χ1) is 7.19. The summed E-state index contributed by atoms with van der Waals surface area (Å²) in [5.41, 5.74) is 2.37. The molecular formula is C12H15N3. The molecule has 0 N–H and O–H groups in total. The third kappa shape index (κ3) is 2.86. The number of rotatable bonds is 1. The fraction of sp³-hybridized carbons (Fsp3) is 0.500. The molecule has 1 aliphatic rings. The molecule has 0 spiro atoms. The van der Waals surface area contributed by atoms with E-state index in [1.54, 1.807) is 0 Å². The molecule has 0 atom stereocenters. The third-order valence-corrected chi connectivity index (χ3v) is 2.45. The number of nitrogens with zero attached hydrogens (tertiary/aromatic N) is 3. The smallest absolute Gasteiger partial charge is 0.133 e. The molecule has 0 aromatic rings. The lowest BCUT2D eigenvalue weighted by Crippen LogP contribution is -2.08. The molecule has 15 heavy (non-hydrogen) atoms. The van der Waals surface area contributed by atoms with E-state index < -0.39 is 0 Å². The van der Waals surface area contributed by atoms with E-state index in [1.807, 2.05) is 37.3 Å². The highest BCUT2D eigenvalue weighted by atomic mass is 15.0. The van der Waals surface area contributed by atoms with Crippen molar-refractivity contribution in [3.05, 3.63) is 22.9 Å². The average molecular weight is 201 g/mol. The van der Waals surface area contributed by atoms with Crippen molar-refractivity contribution in [2.24, 2.45) is 0 Å². The topological polar surface area (TPSA) is 50.8 Å². The lowest BCUT2D eigenvalue weighted by molar-refractivity contribution is 0.547. The second kappa shape index (κ2) is 5.22. The van der Waals surface area contributed by atoms with Gasteiger partial charge in [0.05, 0.1) is 0 Å². The van der Waals surface area contributed by atoms with E-state index in [0.29, 0.717) is 0 Å². The number of allylic oxidation sites excluding steroid dienone is 3. The Hall–Kier alpha value is -1.74. The first-order valence-electron chi connectivity index (χ1n) is 5.10. The van der Waals surface area contributed by atoms with E-state index >= 15 is 0 Å². The van der Waals surface area contributed by atoms with Crippen LogP contribution in [0.25, 0.3) is 0 Å². The van der Waals surface area contributed by atoms with Crippen molar-refractivity contribution in [3.63, 3.8) is 0 Å². The van der Waals surface area contributed by atoms with Gasteiger partial charge in [0, 0.05) is 20.3 Å². The van der Waals surface area contributed by atoms with E-state index in [0.717, 1.165) is 36.8 Å². The van der Waals surface area contributed by atoms with Gasteiger partial charge in [-0.1, -0.05) is 0 Å². The van der Waals surface area contributed by atoms with E-state index in [-0.39, 0.29) is 5.57 Å². The van der Waals surface area contributed by atoms with E-state index in [4.69, 9.17) is 10.5 Å². The summed E-state index contributed by atoms with van der Waals surface area (Å²) >= 11 is 0. The van der Waals surface area contributed by atoms with Crippen LogP contribution in [0.4, 0.5) is 0 Å². The Bertz CT molecular complexity index is 359. The summed E-state index contributed by atoms with van der Waals surface area (Å²) in [5.74, 6) is 0. The normalized spacial score (nSPS) is 18.1. The quantitative estimate of drug-likeness (QED) is 0.612. The minimum atomic E-state index is 0.280. The van der Waals surface area contributed by atoms with Gasteiger partial charge in [-0.25, -0.2) is 0 Å². The van der Waals surface area contributed by atoms with Gasteiger partial charge in [-0.05, 0) is 36.8 Å². The summed E-state index contributed by atoms with van der Waals surface area (Å²) in [7, 11) is 3.91. The summed E-state index contributed by atoms with van der Waals surface area (Å²) in [5, 5.41) is 17.7. The van der Waals surface area contributed by atoms with Crippen LogP contribution in [0.1, 0.15) is 25.7 Å². The lowest BCUT2D eigenvalue weighted by atomic mass is 9.87. The van der Waals surface area contributed by atoms with Crippen LogP contribution < -0.4 is 0 Å². The van der Waals surface area contributed by atoms with Crippen molar-refractivity contribution in [1.82, 2.24) is 4.90 Å². The number of hydrogen-bond acceptors (Lipinski definition) is 3. The molecular weight excluding hydrogens is 186 g/mol. The Morgan fingerprint density at radius 1 is 1.20 bits per heavy atom. The van der Waals surface area contributed by atoms with E-state index in [9.17, 15) is 0 Å². The highest BCUT2D eigenvalue weighted by molar-refractivity contribution is 5.49. The highest BCUT2D eigenvalue weighted by Crippen LogP contribution is 2.30. The summed E-state index contributed by atoms with van der Waals surface area (Å²) in [6.45, 7) is 0. The highest BCUT2D eigenvalue weighted by Gasteiger charge is 2.16. The monoisotopic (exact) mass is 201 g/mol. The van der Waals surface area contributed by atoms with Gasteiger partial charge in [0.1, 0.15) is 17.7 Å². The molecule has 1 fully saturated rings. The standard InChI is InChI=1S/C12H15N3/c1-15(2)9-10-5-3-4-6-12(10)11(7-13)8-14/h9H,3-6H2,1-2H3. The predicted molar refractivity (Wildman–Crippen MR) is 58.5 cm³/mol. The van der Waals surface area contributed by atoms with Crippen LogP contribution in [0.5, 0.6) is 0 Å². The minimum absolute atomic E-state index is 0.280. The van der Waals surface area contributed by atoms with Crippen molar-refractivity contribution in [2.45, 2.75) is 25.7 Å². The van der Waals surface area contributed by atoms with E-state index in [1.165, 1.54) is 0 Å². The molecule has 3 heteroatoms. The average Bonchev–Trinajstić information content (AvgIpc) is 2.21. The van der Waals surface area contributed by atoms with Crippen molar-refractivity contribution >= 4 is 0 Å². The summed E-state index contributed by atoms with van der Waals surface area (Å²) in [6.07, 6.45) is 6.07. The fourth-order valence-corrected chi connectivity index (χ4v) is 1.83. The van der Waals surface area contributed by atoms with Gasteiger partial charge in [0.15, 0.2) is 0 Å². The van der Waals surface area contributed by atoms with Crippen LogP contribution in [-0.2, 0) is 0 Å². The lowest BCUT2D eigenvalue weighted by Gasteiger charge is -2.20. The van der Waals surface area contributed by atoms with Crippen LogP contribution in [0, 0.1) is 22.7 Å². The second-order valence-corrected chi connectivity index (χ2v) is 3.90. The molecule has 0 radical (unpaired) electrons. The molecule has 0 aromatic carbocycles. The molecule has 1 aliphatic carbocycles. The maximum Gasteiger partial charge on any atom is 0.133 e. The van der Waals surface area contributed by atoms with Crippen LogP contribution in [0.3, 0.4) is 0 Å². The van der Waals surface area contributed by atoms with Crippen molar-refractivity contribution < 1.29 is 0 Å². The molecule has 0 unspecified atom stereocenters. The predicted octanol–water partition coefficient (Wildman–Crippen LogP) is 2.35. The van der Waals surface area contributed by atoms with Gasteiger partial charge in [-0.15, -0.1) is 0 Å². The molecule has 0 amide bonds. The first kappa shape index (κ1) is 11.3. The SMILES string of the molecule is CN(C)C=C1CCCCC1=C(C#N)C#N. The molecule has 1 saturated carbocycles. The van der Waals surface area contributed by atoms with Gasteiger partial charge < -0.3 is 4.90 Å². The molecule has 0 heterocycles. The van der Waals surface area contributed by atoms with Crippen LogP contribution >= 0.6 is 0 Å². The van der Waals surface area contributed by atoms with Gasteiger partial charge in [-0.3, -0.25) is 0 Å². The summed E-state index contributed by atoms with van der Waals surface area (Å²) in [4.78, 5) is 1.97. The fourth-order valence-electron chi connectivity index (χ4n) is 1.83. The van der Waals surface area contributed by atoms with Crippen molar-refractivity contribution in [2.75, 3.05) is 14.1 Å². The number of hydrogen-bond donors (Lipinski definition) is 0. The molecule has 3 nitrogen and oxygen atoms in total. The Balaban J connectivity index is 3.10. The van der Waals surface area contributed by atoms with E-state index in [2.05, 4.69) is 0 Å². The van der Waals surface area contributed by atoms with Gasteiger partial charge in [-0.2, -0.15) is 10.5 Å². The largest absolute Gasteiger partial charge is 0.383 e. The Labute approximate surface area is 90.9 Å². The maximum absolute atomic E-state index is 8.86. The van der Waals surface area contributed by atoms with Gasteiger partial charge in [0.25, 0.3) is 0 Å². The van der Waals surface area contributed by atoms with Gasteiger partial charge >= 0.3 is 0 Å². The zero-order valence-electron chi connectivity index (χ0n) is 9.25. The summed E-state index contributed by atoms with van der Waals surface area (Å²) < 4.78 is 0. The van der Waals surface area contributed by atoms with Gasteiger partial charge in [0.2, 0.25) is 0 Å². The zero-order valence-corrected chi connectivity index (χ0v) is 9.25. The van der Waals surface area contributed by atoms with Crippen LogP contribution in [-0.4, -0.2) is 19.0 Å². The Morgan fingerprint density at radius 2 is 1.80 bits per heavy atom. The minimum Gasteiger partial charge on any atom is -0.383 e. The molecule has 0 bridgehead atoms. The molecule has 0 saturated heterocycles. The van der Waals surface area contributed by atoms with Crippen LogP contribution in [0.15, 0.2) is 22.9 Å². The first-order valence-corrected chi connectivity index (χ1v) is 5.10. The molecule has 0 aliphatic heterocycles. The van der Waals surface area contributed by atoms with Crippen molar-refractivity contribution in [3.8, 4) is 12.1 Å². The molecule has 1 rings (SSSR count). The number of nitriles is 2. The maximum atomic E-state index is 8.86.